The number of benzene rings is 1. The van der Waals surface area contributed by atoms with Crippen LogP contribution in [0.15, 0.2) is 52.2 Å². The first kappa shape index (κ1) is 24.9. The van der Waals surface area contributed by atoms with Gasteiger partial charge < -0.3 is 19.2 Å². The van der Waals surface area contributed by atoms with Crippen molar-refractivity contribution in [2.75, 3.05) is 11.9 Å². The molecule has 11 heteroatoms. The highest BCUT2D eigenvalue weighted by Gasteiger charge is 2.29. The predicted molar refractivity (Wildman–Crippen MR) is 131 cm³/mol. The van der Waals surface area contributed by atoms with Crippen LogP contribution in [0.2, 0.25) is 0 Å². The Morgan fingerprint density at radius 2 is 1.83 bits per heavy atom. The Morgan fingerprint density at radius 3 is 2.53 bits per heavy atom. The summed E-state index contributed by atoms with van der Waals surface area (Å²) >= 11 is 1.28. The van der Waals surface area contributed by atoms with Gasteiger partial charge in [0.2, 0.25) is 5.76 Å². The maximum Gasteiger partial charge on any atom is 0.379 e. The van der Waals surface area contributed by atoms with Crippen LogP contribution < -0.4 is 15.5 Å². The summed E-state index contributed by atoms with van der Waals surface area (Å²) in [5.74, 6) is -2.69. The van der Waals surface area contributed by atoms with Gasteiger partial charge in [-0.25, -0.2) is 15.0 Å². The van der Waals surface area contributed by atoms with Gasteiger partial charge in [0.05, 0.1) is 24.1 Å². The number of ether oxygens (including phenoxy) is 2. The summed E-state index contributed by atoms with van der Waals surface area (Å²) < 4.78 is 15.3. The number of hydrogen-bond donors (Lipinski definition) is 2. The predicted octanol–water partition coefficient (Wildman–Crippen LogP) is 3.70. The fraction of sp³-hybridized carbons (Fsp3) is 0.240. The van der Waals surface area contributed by atoms with Gasteiger partial charge in [-0.15, -0.1) is 11.3 Å². The number of furan rings is 1. The number of carbonyl (C=O) groups is 4. The van der Waals surface area contributed by atoms with E-state index in [0.717, 1.165) is 29.7 Å². The van der Waals surface area contributed by atoms with E-state index in [2.05, 4.69) is 15.8 Å². The number of carbonyl (C=O) groups excluding carboxylic acids is 4. The minimum atomic E-state index is -0.985. The third-order valence-electron chi connectivity index (χ3n) is 5.36. The van der Waals surface area contributed by atoms with Crippen molar-refractivity contribution in [3.05, 3.63) is 70.0 Å². The van der Waals surface area contributed by atoms with Gasteiger partial charge in [0.15, 0.2) is 0 Å². The first-order chi connectivity index (χ1) is 17.4. The van der Waals surface area contributed by atoms with E-state index >= 15 is 0 Å². The molecule has 186 valence electrons. The summed E-state index contributed by atoms with van der Waals surface area (Å²) in [6.45, 7) is 3.56. The van der Waals surface area contributed by atoms with E-state index in [1.165, 1.54) is 23.7 Å². The van der Waals surface area contributed by atoms with Crippen LogP contribution >= 0.6 is 11.3 Å². The first-order valence-electron chi connectivity index (χ1n) is 11.2. The Hall–Kier alpha value is -4.25. The summed E-state index contributed by atoms with van der Waals surface area (Å²) in [7, 11) is 0. The molecule has 2 N–H and O–H groups in total. The molecule has 1 aromatic carbocycles. The second-order valence-electron chi connectivity index (χ2n) is 7.77. The van der Waals surface area contributed by atoms with Crippen molar-refractivity contribution in [3.63, 3.8) is 0 Å². The lowest BCUT2D eigenvalue weighted by Crippen LogP contribution is -2.33. The van der Waals surface area contributed by atoms with Gasteiger partial charge in [-0.3, -0.25) is 9.59 Å². The van der Waals surface area contributed by atoms with Gasteiger partial charge in [-0.1, -0.05) is 0 Å². The molecule has 3 aromatic rings. The van der Waals surface area contributed by atoms with Crippen LogP contribution in [0, 0.1) is 0 Å². The van der Waals surface area contributed by atoms with E-state index in [9.17, 15) is 19.2 Å². The minimum Gasteiger partial charge on any atom is -0.462 e. The zero-order valence-electron chi connectivity index (χ0n) is 19.6. The van der Waals surface area contributed by atoms with Crippen LogP contribution in [-0.4, -0.2) is 36.1 Å². The van der Waals surface area contributed by atoms with Gasteiger partial charge in [0.25, 0.3) is 0 Å². The maximum absolute atomic E-state index is 12.5. The molecular formula is C25H23N3O7S. The fourth-order valence-corrected chi connectivity index (χ4v) is 4.91. The van der Waals surface area contributed by atoms with Crippen molar-refractivity contribution in [2.24, 2.45) is 5.10 Å². The largest absolute Gasteiger partial charge is 0.462 e. The Balaban J connectivity index is 1.37. The molecule has 2 amide bonds. The Morgan fingerprint density at radius 1 is 1.06 bits per heavy atom. The lowest BCUT2D eigenvalue weighted by Gasteiger charge is -2.08. The standard InChI is InChI=1S/C25H23N3O7S/c1-3-33-25(32)20-17-6-4-8-19(17)36-23(20)26-21(29)22(30)28-27-14(2)15-9-11-16(12-10-15)35-24(31)18-7-5-13-34-18/h5,7,9-13H,3-4,6,8H2,1-2H3,(H,26,29)(H,28,30). The molecule has 0 aliphatic heterocycles. The van der Waals surface area contributed by atoms with Gasteiger partial charge >= 0.3 is 23.8 Å². The van der Waals surface area contributed by atoms with Crippen molar-refractivity contribution in [1.29, 1.82) is 0 Å². The summed E-state index contributed by atoms with van der Waals surface area (Å²) in [6, 6.07) is 9.51. The Kier molecular flexibility index (Phi) is 7.59. The monoisotopic (exact) mass is 509 g/mol. The third kappa shape index (κ3) is 5.52. The van der Waals surface area contributed by atoms with Crippen LogP contribution in [0.25, 0.3) is 0 Å². The summed E-state index contributed by atoms with van der Waals surface area (Å²) in [4.78, 5) is 50.2. The number of hydrogen-bond acceptors (Lipinski definition) is 9. The second-order valence-corrected chi connectivity index (χ2v) is 8.87. The van der Waals surface area contributed by atoms with Crippen molar-refractivity contribution in [2.45, 2.75) is 33.1 Å². The molecule has 36 heavy (non-hydrogen) atoms. The highest BCUT2D eigenvalue weighted by Crippen LogP contribution is 2.39. The number of fused-ring (bicyclic) bond motifs is 1. The Labute approximate surface area is 210 Å². The summed E-state index contributed by atoms with van der Waals surface area (Å²) in [6.07, 6.45) is 3.86. The molecule has 1 aliphatic rings. The van der Waals surface area contributed by atoms with E-state index < -0.39 is 23.8 Å². The molecule has 0 unspecified atom stereocenters. The van der Waals surface area contributed by atoms with E-state index in [4.69, 9.17) is 13.9 Å². The summed E-state index contributed by atoms with van der Waals surface area (Å²) in [5, 5.41) is 6.80. The minimum absolute atomic E-state index is 0.0827. The van der Waals surface area contributed by atoms with Gasteiger partial charge in [0.1, 0.15) is 10.8 Å². The van der Waals surface area contributed by atoms with Crippen LogP contribution in [0.3, 0.4) is 0 Å². The number of nitrogens with one attached hydrogen (secondary N) is 2. The molecule has 0 radical (unpaired) electrons. The van der Waals surface area contributed by atoms with Gasteiger partial charge in [-0.05, 0) is 80.6 Å². The van der Waals surface area contributed by atoms with E-state index in [1.807, 2.05) is 0 Å². The van der Waals surface area contributed by atoms with Crippen LogP contribution in [0.4, 0.5) is 5.00 Å². The molecule has 10 nitrogen and oxygen atoms in total. The quantitative estimate of drug-likeness (QED) is 0.163. The Bertz CT molecular complexity index is 1320. The molecule has 0 spiro atoms. The number of rotatable bonds is 7. The number of thiophene rings is 1. The van der Waals surface area contributed by atoms with Crippen molar-refractivity contribution < 1.29 is 33.1 Å². The molecular weight excluding hydrogens is 486 g/mol. The maximum atomic E-state index is 12.5. The van der Waals surface area contributed by atoms with Crippen molar-refractivity contribution in [1.82, 2.24) is 5.43 Å². The van der Waals surface area contributed by atoms with E-state index in [1.54, 1.807) is 44.2 Å². The molecule has 4 rings (SSSR count). The van der Waals surface area contributed by atoms with Crippen molar-refractivity contribution >= 4 is 45.8 Å². The van der Waals surface area contributed by atoms with Crippen LogP contribution in [-0.2, 0) is 27.2 Å². The number of esters is 2. The summed E-state index contributed by atoms with van der Waals surface area (Å²) in [5.41, 5.74) is 4.47. The van der Waals surface area contributed by atoms with Gasteiger partial charge in [-0.2, -0.15) is 5.10 Å². The number of aryl methyl sites for hydroxylation is 1. The average molecular weight is 510 g/mol. The van der Waals surface area contributed by atoms with E-state index in [-0.39, 0.29) is 12.4 Å². The molecule has 2 heterocycles. The number of hydrazone groups is 1. The van der Waals surface area contributed by atoms with Gasteiger partial charge in [0, 0.05) is 4.88 Å². The lowest BCUT2D eigenvalue weighted by molar-refractivity contribution is -0.136. The molecule has 2 aromatic heterocycles. The zero-order chi connectivity index (χ0) is 25.7. The molecule has 0 bridgehead atoms. The number of amides is 2. The van der Waals surface area contributed by atoms with Crippen molar-refractivity contribution in [3.8, 4) is 5.75 Å². The number of anilines is 1. The molecule has 0 fully saturated rings. The normalized spacial score (nSPS) is 12.6. The smallest absolute Gasteiger partial charge is 0.379 e. The van der Waals surface area contributed by atoms with Crippen LogP contribution in [0.1, 0.15) is 57.2 Å². The van der Waals surface area contributed by atoms with Crippen LogP contribution in [0.5, 0.6) is 5.75 Å². The molecule has 0 saturated carbocycles. The zero-order valence-corrected chi connectivity index (χ0v) is 20.4. The highest BCUT2D eigenvalue weighted by molar-refractivity contribution is 7.17. The third-order valence-corrected chi connectivity index (χ3v) is 6.57. The first-order valence-corrected chi connectivity index (χ1v) is 12.0. The lowest BCUT2D eigenvalue weighted by atomic mass is 10.1. The topological polar surface area (TPSA) is 136 Å². The number of nitrogens with zero attached hydrogens (tertiary/aromatic N) is 1. The fourth-order valence-electron chi connectivity index (χ4n) is 3.64. The molecule has 0 saturated heterocycles. The second kappa shape index (κ2) is 11.0. The van der Waals surface area contributed by atoms with E-state index in [0.29, 0.717) is 27.6 Å². The molecule has 1 aliphatic carbocycles. The SMILES string of the molecule is CCOC(=O)c1c(NC(=O)C(=O)NN=C(C)c2ccc(OC(=O)c3ccco3)cc2)sc2c1CCC2. The highest BCUT2D eigenvalue weighted by atomic mass is 32.1. The molecule has 0 atom stereocenters. The average Bonchev–Trinajstić information content (AvgIpc) is 3.61.